The first-order chi connectivity index (χ1) is 10.8. The van der Waals surface area contributed by atoms with Gasteiger partial charge < -0.3 is 4.74 Å². The number of esters is 1. The summed E-state index contributed by atoms with van der Waals surface area (Å²) < 4.78 is 44.7. The van der Waals surface area contributed by atoms with Gasteiger partial charge in [-0.25, -0.2) is 4.79 Å². The Kier molecular flexibility index (Phi) is 5.30. The molecule has 0 aliphatic carbocycles. The van der Waals surface area contributed by atoms with Crippen LogP contribution >= 0.6 is 11.6 Å². The molecule has 0 atom stereocenters. The van der Waals surface area contributed by atoms with Crippen LogP contribution in [-0.4, -0.2) is 22.4 Å². The van der Waals surface area contributed by atoms with Crippen LogP contribution in [0.1, 0.15) is 34.1 Å². The summed E-state index contributed by atoms with van der Waals surface area (Å²) in [5.41, 5.74) is -0.186. The Bertz CT molecular complexity index is 681. The van der Waals surface area contributed by atoms with E-state index in [1.165, 1.54) is 6.92 Å². The second-order valence-electron chi connectivity index (χ2n) is 4.76. The summed E-state index contributed by atoms with van der Waals surface area (Å²) in [5, 5.41) is 3.49. The maximum Gasteiger partial charge on any atom is 0.436 e. The van der Waals surface area contributed by atoms with Gasteiger partial charge in [0.25, 0.3) is 0 Å². The zero-order valence-corrected chi connectivity index (χ0v) is 13.0. The molecule has 0 saturated heterocycles. The Hall–Kier alpha value is -2.02. The van der Waals surface area contributed by atoms with Crippen LogP contribution < -0.4 is 0 Å². The van der Waals surface area contributed by atoms with Crippen molar-refractivity contribution >= 4 is 17.6 Å². The van der Waals surface area contributed by atoms with Gasteiger partial charge in [0, 0.05) is 12.1 Å². The Morgan fingerprint density at radius 2 is 1.87 bits per heavy atom. The molecule has 0 unspecified atom stereocenters. The molecule has 0 N–H and O–H groups in total. The third-order valence-electron chi connectivity index (χ3n) is 3.05. The molecule has 0 fully saturated rings. The molecule has 0 aliphatic rings. The van der Waals surface area contributed by atoms with Crippen molar-refractivity contribution in [3.8, 4) is 0 Å². The average Bonchev–Trinajstić information content (AvgIpc) is 2.92. The fraction of sp³-hybridized carbons (Fsp3) is 0.333. The first-order valence-electron chi connectivity index (χ1n) is 6.80. The predicted octanol–water partition coefficient (Wildman–Crippen LogP) is 3.87. The maximum absolute atomic E-state index is 13.0. The summed E-state index contributed by atoms with van der Waals surface area (Å²) in [5.74, 6) is -0.684. The van der Waals surface area contributed by atoms with Crippen LogP contribution in [0.25, 0.3) is 0 Å². The minimum Gasteiger partial charge on any atom is -0.462 e. The van der Waals surface area contributed by atoms with Gasteiger partial charge in [-0.2, -0.15) is 18.3 Å². The van der Waals surface area contributed by atoms with Crippen LogP contribution in [0.15, 0.2) is 30.5 Å². The number of rotatable bonds is 5. The number of hydrogen-bond acceptors (Lipinski definition) is 3. The van der Waals surface area contributed by atoms with Crippen molar-refractivity contribution < 1.29 is 22.7 Å². The van der Waals surface area contributed by atoms with Crippen molar-refractivity contribution in [1.29, 1.82) is 0 Å². The standard InChI is InChI=1S/C15H14ClF3N2O2/c1-2-23-14(22)12-9-21(20-13(12)15(17,18)19)8-11-5-3-10(7-16)4-6-11/h3-6,9H,2,7-8H2,1H3. The molecule has 1 aromatic carbocycles. The lowest BCUT2D eigenvalue weighted by atomic mass is 10.1. The fourth-order valence-electron chi connectivity index (χ4n) is 1.99. The highest BCUT2D eigenvalue weighted by Gasteiger charge is 2.39. The molecule has 23 heavy (non-hydrogen) atoms. The van der Waals surface area contributed by atoms with E-state index in [1.54, 1.807) is 24.3 Å². The largest absolute Gasteiger partial charge is 0.462 e. The van der Waals surface area contributed by atoms with Crippen molar-refractivity contribution in [2.24, 2.45) is 0 Å². The van der Waals surface area contributed by atoms with Gasteiger partial charge in [0.15, 0.2) is 5.69 Å². The number of ether oxygens (including phenoxy) is 1. The highest BCUT2D eigenvalue weighted by Crippen LogP contribution is 2.31. The number of halogens is 4. The highest BCUT2D eigenvalue weighted by molar-refractivity contribution is 6.17. The zero-order chi connectivity index (χ0) is 17.0. The molecular weight excluding hydrogens is 333 g/mol. The first kappa shape index (κ1) is 17.3. The van der Waals surface area contributed by atoms with E-state index in [-0.39, 0.29) is 13.2 Å². The minimum atomic E-state index is -4.73. The van der Waals surface area contributed by atoms with Crippen LogP contribution in [0.4, 0.5) is 13.2 Å². The number of carbonyl (C=O) groups is 1. The molecule has 0 spiro atoms. The zero-order valence-electron chi connectivity index (χ0n) is 12.2. The van der Waals surface area contributed by atoms with Crippen molar-refractivity contribution in [1.82, 2.24) is 9.78 Å². The second-order valence-corrected chi connectivity index (χ2v) is 5.02. The lowest BCUT2D eigenvalue weighted by molar-refractivity contribution is -0.142. The summed E-state index contributed by atoms with van der Waals surface area (Å²) >= 11 is 5.68. The second kappa shape index (κ2) is 7.04. The molecule has 8 heteroatoms. The van der Waals surface area contributed by atoms with Crippen LogP contribution in [0, 0.1) is 0 Å². The van der Waals surface area contributed by atoms with E-state index in [0.29, 0.717) is 5.88 Å². The number of aromatic nitrogens is 2. The quantitative estimate of drug-likeness (QED) is 0.610. The monoisotopic (exact) mass is 346 g/mol. The van der Waals surface area contributed by atoms with Gasteiger partial charge in [-0.3, -0.25) is 4.68 Å². The van der Waals surface area contributed by atoms with E-state index in [1.807, 2.05) is 0 Å². The third kappa shape index (κ3) is 4.25. The van der Waals surface area contributed by atoms with Crippen LogP contribution in [0.2, 0.25) is 0 Å². The molecule has 2 aromatic rings. The Labute approximate surface area is 135 Å². The fourth-order valence-corrected chi connectivity index (χ4v) is 2.17. The predicted molar refractivity (Wildman–Crippen MR) is 78.3 cm³/mol. The number of hydrogen-bond donors (Lipinski definition) is 0. The Morgan fingerprint density at radius 1 is 1.26 bits per heavy atom. The van der Waals surface area contributed by atoms with E-state index in [9.17, 15) is 18.0 Å². The molecule has 1 aromatic heterocycles. The molecular formula is C15H14ClF3N2O2. The van der Waals surface area contributed by atoms with Crippen LogP contribution in [0.3, 0.4) is 0 Å². The van der Waals surface area contributed by atoms with Gasteiger partial charge in [-0.05, 0) is 18.1 Å². The van der Waals surface area contributed by atoms with Gasteiger partial charge >= 0.3 is 12.1 Å². The molecule has 2 rings (SSSR count). The van der Waals surface area contributed by atoms with Gasteiger partial charge in [0.05, 0.1) is 13.2 Å². The molecule has 0 bridgehead atoms. The van der Waals surface area contributed by atoms with Gasteiger partial charge in [-0.1, -0.05) is 24.3 Å². The summed E-state index contributed by atoms with van der Waals surface area (Å²) in [7, 11) is 0. The van der Waals surface area contributed by atoms with E-state index in [0.717, 1.165) is 22.0 Å². The van der Waals surface area contributed by atoms with Crippen molar-refractivity contribution in [3.63, 3.8) is 0 Å². The number of benzene rings is 1. The maximum atomic E-state index is 13.0. The Balaban J connectivity index is 2.30. The van der Waals surface area contributed by atoms with Crippen molar-refractivity contribution in [2.75, 3.05) is 6.61 Å². The topological polar surface area (TPSA) is 44.1 Å². The van der Waals surface area contributed by atoms with Gasteiger partial charge in [-0.15, -0.1) is 11.6 Å². The van der Waals surface area contributed by atoms with E-state index >= 15 is 0 Å². The smallest absolute Gasteiger partial charge is 0.436 e. The SMILES string of the molecule is CCOC(=O)c1cn(Cc2ccc(CCl)cc2)nc1C(F)(F)F. The van der Waals surface area contributed by atoms with E-state index in [2.05, 4.69) is 9.84 Å². The molecule has 0 saturated carbocycles. The van der Waals surface area contributed by atoms with Crippen LogP contribution in [0.5, 0.6) is 0 Å². The lowest BCUT2D eigenvalue weighted by Gasteiger charge is -2.05. The molecule has 1 heterocycles. The molecule has 124 valence electrons. The highest BCUT2D eigenvalue weighted by atomic mass is 35.5. The molecule has 0 aliphatic heterocycles. The van der Waals surface area contributed by atoms with Crippen LogP contribution in [-0.2, 0) is 23.3 Å². The third-order valence-corrected chi connectivity index (χ3v) is 3.36. The van der Waals surface area contributed by atoms with Gasteiger partial charge in [0.1, 0.15) is 5.56 Å². The molecule has 0 radical (unpaired) electrons. The minimum absolute atomic E-state index is 0.0127. The first-order valence-corrected chi connectivity index (χ1v) is 7.34. The summed E-state index contributed by atoms with van der Waals surface area (Å²) in [6, 6.07) is 7.05. The average molecular weight is 347 g/mol. The normalized spacial score (nSPS) is 11.5. The summed E-state index contributed by atoms with van der Waals surface area (Å²) in [6.45, 7) is 1.61. The van der Waals surface area contributed by atoms with Crippen molar-refractivity contribution in [3.05, 3.63) is 52.8 Å². The summed E-state index contributed by atoms with van der Waals surface area (Å²) in [4.78, 5) is 11.7. The van der Waals surface area contributed by atoms with Gasteiger partial charge in [0.2, 0.25) is 0 Å². The molecule has 0 amide bonds. The Morgan fingerprint density at radius 3 is 2.39 bits per heavy atom. The molecule has 4 nitrogen and oxygen atoms in total. The van der Waals surface area contributed by atoms with E-state index in [4.69, 9.17) is 11.6 Å². The summed E-state index contributed by atoms with van der Waals surface area (Å²) in [6.07, 6.45) is -3.67. The van der Waals surface area contributed by atoms with E-state index < -0.39 is 23.4 Å². The number of carbonyl (C=O) groups excluding carboxylic acids is 1. The number of nitrogens with zero attached hydrogens (tertiary/aromatic N) is 2. The van der Waals surface area contributed by atoms with Crippen molar-refractivity contribution in [2.45, 2.75) is 25.5 Å². The number of alkyl halides is 4. The lowest BCUT2D eigenvalue weighted by Crippen LogP contribution is -2.14.